The zero-order valence-corrected chi connectivity index (χ0v) is 10.7. The van der Waals surface area contributed by atoms with E-state index in [1.807, 2.05) is 18.2 Å². The fourth-order valence-electron chi connectivity index (χ4n) is 3.18. The first-order chi connectivity index (χ1) is 9.15. The van der Waals surface area contributed by atoms with Crippen LogP contribution < -0.4 is 4.90 Å². The maximum atomic E-state index is 12.5. The summed E-state index contributed by atoms with van der Waals surface area (Å²) < 4.78 is 0. The van der Waals surface area contributed by atoms with Gasteiger partial charge in [-0.05, 0) is 43.2 Å². The molecule has 4 heteroatoms. The molecule has 2 atom stereocenters. The van der Waals surface area contributed by atoms with Crippen LogP contribution in [0.2, 0.25) is 0 Å². The molecule has 2 unspecified atom stereocenters. The van der Waals surface area contributed by atoms with Crippen molar-refractivity contribution in [1.29, 1.82) is 0 Å². The highest BCUT2D eigenvalue weighted by Gasteiger charge is 2.49. The molecule has 2 saturated carbocycles. The number of carbonyl (C=O) groups excluding carboxylic acids is 1. The Labute approximate surface area is 112 Å². The monoisotopic (exact) mass is 259 g/mol. The zero-order valence-electron chi connectivity index (χ0n) is 10.7. The van der Waals surface area contributed by atoms with E-state index in [0.29, 0.717) is 5.69 Å². The van der Waals surface area contributed by atoms with Gasteiger partial charge in [-0.15, -0.1) is 0 Å². The second-order valence-electron chi connectivity index (χ2n) is 5.58. The Kier molecular flexibility index (Phi) is 3.01. The van der Waals surface area contributed by atoms with Crippen molar-refractivity contribution in [2.24, 2.45) is 17.8 Å². The smallest absolute Gasteiger partial charge is 0.323 e. The molecule has 0 radical (unpaired) electrons. The van der Waals surface area contributed by atoms with Crippen LogP contribution in [0.5, 0.6) is 0 Å². The van der Waals surface area contributed by atoms with Gasteiger partial charge in [0, 0.05) is 11.6 Å². The number of aliphatic carboxylic acids is 1. The molecule has 0 spiro atoms. The van der Waals surface area contributed by atoms with Crippen molar-refractivity contribution >= 4 is 17.6 Å². The van der Waals surface area contributed by atoms with E-state index in [1.54, 1.807) is 12.1 Å². The van der Waals surface area contributed by atoms with Gasteiger partial charge in [0.1, 0.15) is 6.54 Å². The summed E-state index contributed by atoms with van der Waals surface area (Å²) in [6.07, 6.45) is 3.13. The molecule has 0 saturated heterocycles. The van der Waals surface area contributed by atoms with E-state index < -0.39 is 5.97 Å². The van der Waals surface area contributed by atoms with Crippen LogP contribution in [0, 0.1) is 17.8 Å². The number of para-hydroxylation sites is 1. The van der Waals surface area contributed by atoms with Crippen LogP contribution in [0.3, 0.4) is 0 Å². The first kappa shape index (κ1) is 12.2. The minimum absolute atomic E-state index is 0.0170. The van der Waals surface area contributed by atoms with E-state index in [1.165, 1.54) is 11.3 Å². The van der Waals surface area contributed by atoms with Gasteiger partial charge in [0.25, 0.3) is 0 Å². The summed E-state index contributed by atoms with van der Waals surface area (Å²) in [5.41, 5.74) is 0.676. The third kappa shape index (κ3) is 2.48. The molecule has 1 amide bonds. The highest BCUT2D eigenvalue weighted by atomic mass is 16.4. The summed E-state index contributed by atoms with van der Waals surface area (Å²) in [4.78, 5) is 24.9. The largest absolute Gasteiger partial charge is 0.480 e. The molecule has 2 aliphatic rings. The molecule has 1 aromatic carbocycles. The lowest BCUT2D eigenvalue weighted by molar-refractivity contribution is -0.137. The van der Waals surface area contributed by atoms with Crippen molar-refractivity contribution in [2.75, 3.05) is 11.4 Å². The molecule has 0 aliphatic heterocycles. The normalized spacial score (nSPS) is 27.7. The summed E-state index contributed by atoms with van der Waals surface area (Å²) in [5, 5.41) is 9.00. The first-order valence-corrected chi connectivity index (χ1v) is 6.73. The number of hydrogen-bond donors (Lipinski definition) is 1. The van der Waals surface area contributed by atoms with Gasteiger partial charge in [-0.2, -0.15) is 0 Å². The summed E-state index contributed by atoms with van der Waals surface area (Å²) in [7, 11) is 0. The van der Waals surface area contributed by atoms with Gasteiger partial charge < -0.3 is 10.0 Å². The lowest BCUT2D eigenvalue weighted by atomic mass is 10.0. The summed E-state index contributed by atoms with van der Waals surface area (Å²) >= 11 is 0. The van der Waals surface area contributed by atoms with E-state index in [9.17, 15) is 9.59 Å². The number of carboxylic acids is 1. The lowest BCUT2D eigenvalue weighted by Gasteiger charge is -2.24. The predicted octanol–water partition coefficient (Wildman–Crippen LogP) is 2.15. The molecule has 4 nitrogen and oxygen atoms in total. The summed E-state index contributed by atoms with van der Waals surface area (Å²) in [6.45, 7) is -0.255. The number of anilines is 1. The molecule has 1 N–H and O–H groups in total. The van der Waals surface area contributed by atoms with Crippen molar-refractivity contribution in [3.63, 3.8) is 0 Å². The highest BCUT2D eigenvalue weighted by Crippen LogP contribution is 2.54. The molecule has 3 rings (SSSR count). The van der Waals surface area contributed by atoms with Crippen molar-refractivity contribution in [1.82, 2.24) is 0 Å². The Bertz CT molecular complexity index is 489. The number of amides is 1. The van der Waals surface area contributed by atoms with Crippen LogP contribution in [0.1, 0.15) is 19.3 Å². The minimum atomic E-state index is -0.972. The van der Waals surface area contributed by atoms with Crippen LogP contribution in [-0.2, 0) is 9.59 Å². The molecule has 2 fully saturated rings. The molecular weight excluding hydrogens is 242 g/mol. The number of benzene rings is 1. The topological polar surface area (TPSA) is 57.6 Å². The number of hydrogen-bond acceptors (Lipinski definition) is 2. The van der Waals surface area contributed by atoms with Crippen molar-refractivity contribution in [2.45, 2.75) is 19.3 Å². The van der Waals surface area contributed by atoms with Gasteiger partial charge in [0.15, 0.2) is 0 Å². The van der Waals surface area contributed by atoms with Crippen molar-refractivity contribution in [3.8, 4) is 0 Å². The van der Waals surface area contributed by atoms with Crippen LogP contribution in [0.25, 0.3) is 0 Å². The van der Waals surface area contributed by atoms with Gasteiger partial charge in [-0.3, -0.25) is 9.59 Å². The molecular formula is C15H17NO3. The van der Waals surface area contributed by atoms with Crippen molar-refractivity contribution in [3.05, 3.63) is 30.3 Å². The number of carbonyl (C=O) groups is 2. The Morgan fingerprint density at radius 3 is 2.32 bits per heavy atom. The van der Waals surface area contributed by atoms with Crippen molar-refractivity contribution < 1.29 is 14.7 Å². The van der Waals surface area contributed by atoms with Gasteiger partial charge in [-0.25, -0.2) is 0 Å². The van der Waals surface area contributed by atoms with Gasteiger partial charge >= 0.3 is 5.97 Å². The maximum Gasteiger partial charge on any atom is 0.323 e. The van der Waals surface area contributed by atoms with Gasteiger partial charge in [0.05, 0.1) is 0 Å². The molecule has 0 aromatic heterocycles. The Balaban J connectivity index is 1.78. The van der Waals surface area contributed by atoms with Crippen LogP contribution in [0.4, 0.5) is 5.69 Å². The lowest BCUT2D eigenvalue weighted by Crippen LogP contribution is -2.39. The quantitative estimate of drug-likeness (QED) is 0.901. The number of carboxylic acid groups (broad SMARTS) is 1. The van der Waals surface area contributed by atoms with E-state index in [2.05, 4.69) is 0 Å². The van der Waals surface area contributed by atoms with E-state index >= 15 is 0 Å². The minimum Gasteiger partial charge on any atom is -0.480 e. The highest BCUT2D eigenvalue weighted by molar-refractivity contribution is 5.98. The van der Waals surface area contributed by atoms with Gasteiger partial charge in [0.2, 0.25) is 5.91 Å². The van der Waals surface area contributed by atoms with Crippen LogP contribution in [-0.4, -0.2) is 23.5 Å². The Morgan fingerprint density at radius 1 is 1.11 bits per heavy atom. The molecule has 0 heterocycles. The van der Waals surface area contributed by atoms with Gasteiger partial charge in [-0.1, -0.05) is 18.2 Å². The standard InChI is InChI=1S/C15H17NO3/c17-14(18)9-16(13-4-2-1-3-5-13)15(19)12-7-10-6-11(10)8-12/h1-5,10-12H,6-9H2,(H,17,18). The molecule has 0 bridgehead atoms. The second kappa shape index (κ2) is 4.68. The molecule has 1 aromatic rings. The Morgan fingerprint density at radius 2 is 1.74 bits per heavy atom. The SMILES string of the molecule is O=C(O)CN(C(=O)C1CC2CC2C1)c1ccccc1. The summed E-state index contributed by atoms with van der Waals surface area (Å²) in [6, 6.07) is 9.08. The van der Waals surface area contributed by atoms with E-state index in [0.717, 1.165) is 24.7 Å². The average molecular weight is 259 g/mol. The number of fused-ring (bicyclic) bond motifs is 1. The molecule has 2 aliphatic carbocycles. The predicted molar refractivity (Wildman–Crippen MR) is 70.8 cm³/mol. The van der Waals surface area contributed by atoms with Crippen LogP contribution >= 0.6 is 0 Å². The molecule has 100 valence electrons. The number of rotatable bonds is 4. The maximum absolute atomic E-state index is 12.5. The van der Waals surface area contributed by atoms with Crippen LogP contribution in [0.15, 0.2) is 30.3 Å². The Hall–Kier alpha value is -1.84. The first-order valence-electron chi connectivity index (χ1n) is 6.73. The second-order valence-corrected chi connectivity index (χ2v) is 5.58. The van der Waals surface area contributed by atoms with E-state index in [4.69, 9.17) is 5.11 Å². The fraction of sp³-hybridized carbons (Fsp3) is 0.467. The fourth-order valence-corrected chi connectivity index (χ4v) is 3.18. The summed E-state index contributed by atoms with van der Waals surface area (Å²) in [5.74, 6) is 0.456. The van der Waals surface area contributed by atoms with E-state index in [-0.39, 0.29) is 18.4 Å². The third-order valence-corrected chi connectivity index (χ3v) is 4.22. The number of nitrogens with zero attached hydrogens (tertiary/aromatic N) is 1. The molecule has 19 heavy (non-hydrogen) atoms. The average Bonchev–Trinajstić information content (AvgIpc) is 3.02. The third-order valence-electron chi connectivity index (χ3n) is 4.22. The zero-order chi connectivity index (χ0) is 13.4.